The summed E-state index contributed by atoms with van der Waals surface area (Å²) in [6.45, 7) is 1.60. The number of ether oxygens (including phenoxy) is 2. The molecule has 0 spiro atoms. The Kier molecular flexibility index (Phi) is 6.01. The van der Waals surface area contributed by atoms with Crippen LogP contribution in [0.15, 0.2) is 66.9 Å². The largest absolute Gasteiger partial charge is 0.466 e. The van der Waals surface area contributed by atoms with Crippen molar-refractivity contribution in [3.8, 4) is 16.9 Å². The first-order valence-corrected chi connectivity index (χ1v) is 8.70. The number of nitrogens with zero attached hydrogens (tertiary/aromatic N) is 2. The number of benzene rings is 2. The van der Waals surface area contributed by atoms with Crippen LogP contribution in [0.1, 0.15) is 11.1 Å². The van der Waals surface area contributed by atoms with E-state index in [4.69, 9.17) is 4.74 Å². The molecule has 0 fully saturated rings. The number of para-hydroxylation sites is 1. The summed E-state index contributed by atoms with van der Waals surface area (Å²) in [6, 6.07) is 17.7. The number of hydrogen-bond donors (Lipinski definition) is 0. The van der Waals surface area contributed by atoms with E-state index in [1.54, 1.807) is 10.8 Å². The number of esters is 2. The first-order chi connectivity index (χ1) is 13.6. The van der Waals surface area contributed by atoms with Gasteiger partial charge in [-0.15, -0.1) is 0 Å². The molecule has 0 N–H and O–H groups in total. The highest BCUT2D eigenvalue weighted by molar-refractivity contribution is 5.90. The lowest BCUT2D eigenvalue weighted by atomic mass is 10.1. The number of carbonyl (C=O) groups is 2. The average Bonchev–Trinajstić information content (AvgIpc) is 3.16. The summed E-state index contributed by atoms with van der Waals surface area (Å²) in [4.78, 5) is 22.9. The Morgan fingerprint density at radius 1 is 1.07 bits per heavy atom. The number of carbonyl (C=O) groups excluding carboxylic acids is 2. The van der Waals surface area contributed by atoms with Crippen LogP contribution in [0.25, 0.3) is 23.0 Å². The summed E-state index contributed by atoms with van der Waals surface area (Å²) in [5.74, 6) is -1.24. The molecule has 0 aliphatic heterocycles. The fraction of sp³-hybridized carbons (Fsp3) is 0.136. The zero-order valence-corrected chi connectivity index (χ0v) is 15.7. The smallest absolute Gasteiger partial charge is 0.344 e. The molecule has 2 aromatic carbocycles. The zero-order chi connectivity index (χ0) is 19.9. The summed E-state index contributed by atoms with van der Waals surface area (Å²) in [7, 11) is 1.23. The van der Waals surface area contributed by atoms with Crippen LogP contribution in [0.4, 0.5) is 0 Å². The molecule has 0 aliphatic rings. The molecule has 6 nitrogen and oxygen atoms in total. The van der Waals surface area contributed by atoms with Gasteiger partial charge in [0.2, 0.25) is 0 Å². The topological polar surface area (TPSA) is 70.4 Å². The van der Waals surface area contributed by atoms with Gasteiger partial charge in [0.15, 0.2) is 6.61 Å². The monoisotopic (exact) mass is 376 g/mol. The predicted molar refractivity (Wildman–Crippen MR) is 106 cm³/mol. The van der Waals surface area contributed by atoms with E-state index in [0.29, 0.717) is 0 Å². The molecule has 0 saturated carbocycles. The average molecular weight is 376 g/mol. The second-order valence-electron chi connectivity index (χ2n) is 6.10. The third-order valence-electron chi connectivity index (χ3n) is 4.05. The SMILES string of the molecule is COC(=O)COC(=O)/C=C/c1cn(-c2ccccc2)nc1-c1ccc(C)cc1. The summed E-state index contributed by atoms with van der Waals surface area (Å²) in [5.41, 5.74) is 4.48. The van der Waals surface area contributed by atoms with Gasteiger partial charge < -0.3 is 9.47 Å². The number of aryl methyl sites for hydroxylation is 1. The molecular weight excluding hydrogens is 356 g/mol. The molecular formula is C22H20N2O4. The van der Waals surface area contributed by atoms with Crippen molar-refractivity contribution in [2.75, 3.05) is 13.7 Å². The van der Waals surface area contributed by atoms with E-state index in [1.165, 1.54) is 13.2 Å². The van der Waals surface area contributed by atoms with Crippen LogP contribution < -0.4 is 0 Å². The van der Waals surface area contributed by atoms with Crippen LogP contribution >= 0.6 is 0 Å². The molecule has 0 atom stereocenters. The summed E-state index contributed by atoms with van der Waals surface area (Å²) in [5, 5.41) is 4.68. The number of aromatic nitrogens is 2. The quantitative estimate of drug-likeness (QED) is 0.486. The van der Waals surface area contributed by atoms with Gasteiger partial charge in [0.05, 0.1) is 18.5 Å². The first kappa shape index (κ1) is 19.1. The van der Waals surface area contributed by atoms with Crippen LogP contribution in [0.3, 0.4) is 0 Å². The molecule has 0 aliphatic carbocycles. The van der Waals surface area contributed by atoms with Crippen molar-refractivity contribution in [2.24, 2.45) is 0 Å². The minimum atomic E-state index is -0.632. The van der Waals surface area contributed by atoms with E-state index >= 15 is 0 Å². The molecule has 0 amide bonds. The van der Waals surface area contributed by atoms with Crippen molar-refractivity contribution < 1.29 is 19.1 Å². The highest BCUT2D eigenvalue weighted by Crippen LogP contribution is 2.25. The van der Waals surface area contributed by atoms with Gasteiger partial charge in [-0.25, -0.2) is 14.3 Å². The summed E-state index contributed by atoms with van der Waals surface area (Å²) >= 11 is 0. The molecule has 3 aromatic rings. The Balaban J connectivity index is 1.91. The maximum absolute atomic E-state index is 11.9. The predicted octanol–water partition coefficient (Wildman–Crippen LogP) is 3.58. The lowest BCUT2D eigenvalue weighted by molar-refractivity contribution is -0.154. The van der Waals surface area contributed by atoms with Crippen LogP contribution in [0.2, 0.25) is 0 Å². The molecule has 3 rings (SSSR count). The van der Waals surface area contributed by atoms with E-state index in [9.17, 15) is 9.59 Å². The van der Waals surface area contributed by atoms with Crippen LogP contribution in [-0.2, 0) is 19.1 Å². The molecule has 6 heteroatoms. The Hall–Kier alpha value is -3.67. The maximum Gasteiger partial charge on any atom is 0.344 e. The van der Waals surface area contributed by atoms with E-state index in [1.807, 2.05) is 67.7 Å². The zero-order valence-electron chi connectivity index (χ0n) is 15.7. The van der Waals surface area contributed by atoms with Crippen molar-refractivity contribution in [1.29, 1.82) is 0 Å². The lowest BCUT2D eigenvalue weighted by Gasteiger charge is -2.01. The third-order valence-corrected chi connectivity index (χ3v) is 4.05. The highest BCUT2D eigenvalue weighted by atomic mass is 16.6. The third kappa shape index (κ3) is 4.73. The molecule has 0 bridgehead atoms. The second kappa shape index (κ2) is 8.81. The molecule has 0 radical (unpaired) electrons. The van der Waals surface area contributed by atoms with Gasteiger partial charge in [0.25, 0.3) is 0 Å². The molecule has 0 unspecified atom stereocenters. The first-order valence-electron chi connectivity index (χ1n) is 8.70. The van der Waals surface area contributed by atoms with E-state index in [2.05, 4.69) is 9.84 Å². The van der Waals surface area contributed by atoms with E-state index in [0.717, 1.165) is 28.1 Å². The molecule has 1 aromatic heterocycles. The number of methoxy groups -OCH3 is 1. The number of hydrogen-bond acceptors (Lipinski definition) is 5. The van der Waals surface area contributed by atoms with Crippen LogP contribution in [0, 0.1) is 6.92 Å². The minimum absolute atomic E-state index is 0.423. The fourth-order valence-corrected chi connectivity index (χ4v) is 2.55. The Labute approximate surface area is 163 Å². The van der Waals surface area contributed by atoms with Gasteiger partial charge in [-0.05, 0) is 25.1 Å². The van der Waals surface area contributed by atoms with Crippen molar-refractivity contribution in [3.05, 3.63) is 78.0 Å². The summed E-state index contributed by atoms with van der Waals surface area (Å²) < 4.78 is 11.0. The molecule has 0 saturated heterocycles. The van der Waals surface area contributed by atoms with Crippen molar-refractivity contribution in [1.82, 2.24) is 9.78 Å². The van der Waals surface area contributed by atoms with Gasteiger partial charge in [-0.2, -0.15) is 5.10 Å². The van der Waals surface area contributed by atoms with Crippen LogP contribution in [0.5, 0.6) is 0 Å². The Morgan fingerprint density at radius 3 is 2.46 bits per heavy atom. The summed E-state index contributed by atoms with van der Waals surface area (Å²) in [6.07, 6.45) is 4.74. The minimum Gasteiger partial charge on any atom is -0.466 e. The number of rotatable bonds is 6. The van der Waals surface area contributed by atoms with E-state index < -0.39 is 18.5 Å². The molecule has 28 heavy (non-hydrogen) atoms. The molecule has 142 valence electrons. The standard InChI is InChI=1S/C22H20N2O4/c1-16-8-10-17(11-9-16)22-18(12-13-20(25)28-15-21(26)27-2)14-24(23-22)19-6-4-3-5-7-19/h3-14H,15H2,1-2H3/b13-12+. The van der Waals surface area contributed by atoms with Gasteiger partial charge >= 0.3 is 11.9 Å². The van der Waals surface area contributed by atoms with Gasteiger partial charge in [-0.1, -0.05) is 48.0 Å². The molecule has 1 heterocycles. The van der Waals surface area contributed by atoms with Crippen molar-refractivity contribution in [3.63, 3.8) is 0 Å². The van der Waals surface area contributed by atoms with Crippen LogP contribution in [-0.4, -0.2) is 35.4 Å². The van der Waals surface area contributed by atoms with Crippen molar-refractivity contribution in [2.45, 2.75) is 6.92 Å². The fourth-order valence-electron chi connectivity index (χ4n) is 2.55. The Morgan fingerprint density at radius 2 is 1.79 bits per heavy atom. The van der Waals surface area contributed by atoms with Crippen molar-refractivity contribution >= 4 is 18.0 Å². The highest BCUT2D eigenvalue weighted by Gasteiger charge is 2.11. The normalized spacial score (nSPS) is 10.8. The lowest BCUT2D eigenvalue weighted by Crippen LogP contribution is -2.13. The van der Waals surface area contributed by atoms with Gasteiger partial charge in [0.1, 0.15) is 0 Å². The van der Waals surface area contributed by atoms with Gasteiger partial charge in [-0.3, -0.25) is 0 Å². The van der Waals surface area contributed by atoms with E-state index in [-0.39, 0.29) is 0 Å². The second-order valence-corrected chi connectivity index (χ2v) is 6.10. The Bertz CT molecular complexity index is 989. The van der Waals surface area contributed by atoms with Gasteiger partial charge in [0, 0.05) is 23.4 Å². The maximum atomic E-state index is 11.9.